The second-order valence-electron chi connectivity index (χ2n) is 16.2. The van der Waals surface area contributed by atoms with E-state index >= 15 is 0 Å². The van der Waals surface area contributed by atoms with Crippen LogP contribution in [0.15, 0.2) is 191 Å². The fraction of sp³-hybridized carbons (Fsp3) is 0.0545. The van der Waals surface area contributed by atoms with Gasteiger partial charge >= 0.3 is 0 Å². The molecule has 6 nitrogen and oxygen atoms in total. The first-order valence-corrected chi connectivity index (χ1v) is 20.5. The molecule has 0 amide bonds. The van der Waals surface area contributed by atoms with Crippen LogP contribution >= 0.6 is 0 Å². The molecule has 12 rings (SSSR count). The Morgan fingerprint density at radius 1 is 0.377 bits per heavy atom. The molecule has 1 aliphatic carbocycles. The molecule has 0 bridgehead atoms. The van der Waals surface area contributed by atoms with Crippen LogP contribution in [0.4, 0.5) is 0 Å². The molecule has 61 heavy (non-hydrogen) atoms. The van der Waals surface area contributed by atoms with Gasteiger partial charge in [0.1, 0.15) is 16.7 Å². The van der Waals surface area contributed by atoms with Gasteiger partial charge in [-0.25, -0.2) is 19.9 Å². The number of nitrogens with zero attached hydrogens (tertiary/aromatic N) is 4. The minimum Gasteiger partial charge on any atom is -0.455 e. The molecule has 0 N–H and O–H groups in total. The van der Waals surface area contributed by atoms with Gasteiger partial charge in [-0.1, -0.05) is 153 Å². The highest BCUT2D eigenvalue weighted by atomic mass is 16.3. The van der Waals surface area contributed by atoms with E-state index in [1.165, 1.54) is 22.3 Å². The maximum absolute atomic E-state index is 6.54. The third kappa shape index (κ3) is 5.71. The van der Waals surface area contributed by atoms with E-state index in [-0.39, 0.29) is 5.41 Å². The van der Waals surface area contributed by atoms with Crippen LogP contribution in [-0.2, 0) is 5.41 Å². The van der Waals surface area contributed by atoms with E-state index in [9.17, 15) is 0 Å². The highest BCUT2D eigenvalue weighted by molar-refractivity contribution is 6.09. The highest BCUT2D eigenvalue weighted by Crippen LogP contribution is 2.52. The zero-order valence-electron chi connectivity index (χ0n) is 33.4. The Labute approximate surface area is 351 Å². The molecule has 0 saturated heterocycles. The third-order valence-corrected chi connectivity index (χ3v) is 12.2. The molecule has 0 unspecified atom stereocenters. The summed E-state index contributed by atoms with van der Waals surface area (Å²) >= 11 is 0. The Balaban J connectivity index is 0.938. The molecular weight excluding hydrogens is 749 g/mol. The van der Waals surface area contributed by atoms with Crippen molar-refractivity contribution in [2.45, 2.75) is 19.3 Å². The quantitative estimate of drug-likeness (QED) is 0.167. The fourth-order valence-electron chi connectivity index (χ4n) is 9.11. The van der Waals surface area contributed by atoms with Gasteiger partial charge in [0.2, 0.25) is 5.89 Å². The largest absolute Gasteiger partial charge is 0.455 e. The number of furan rings is 1. The van der Waals surface area contributed by atoms with E-state index in [0.717, 1.165) is 77.5 Å². The predicted octanol–water partition coefficient (Wildman–Crippen LogP) is 14.2. The predicted molar refractivity (Wildman–Crippen MR) is 245 cm³/mol. The van der Waals surface area contributed by atoms with Gasteiger partial charge in [0.25, 0.3) is 0 Å². The van der Waals surface area contributed by atoms with E-state index in [1.807, 2.05) is 66.7 Å². The number of hydrogen-bond acceptors (Lipinski definition) is 6. The van der Waals surface area contributed by atoms with Crippen molar-refractivity contribution in [3.8, 4) is 79.0 Å². The molecule has 11 aromatic rings. The summed E-state index contributed by atoms with van der Waals surface area (Å²) in [4.78, 5) is 20.3. The van der Waals surface area contributed by atoms with Gasteiger partial charge in [0.15, 0.2) is 23.1 Å². The van der Waals surface area contributed by atoms with Gasteiger partial charge in [-0.2, -0.15) is 0 Å². The zero-order valence-corrected chi connectivity index (χ0v) is 33.4. The zero-order chi connectivity index (χ0) is 40.7. The van der Waals surface area contributed by atoms with E-state index in [1.54, 1.807) is 0 Å². The summed E-state index contributed by atoms with van der Waals surface area (Å²) in [6, 6.07) is 62.7. The summed E-state index contributed by atoms with van der Waals surface area (Å²) in [6.07, 6.45) is 0. The lowest BCUT2D eigenvalue weighted by molar-refractivity contribution is 0.593. The maximum Gasteiger partial charge on any atom is 0.227 e. The normalized spacial score (nSPS) is 12.9. The van der Waals surface area contributed by atoms with Gasteiger partial charge in [-0.15, -0.1) is 0 Å². The van der Waals surface area contributed by atoms with Gasteiger partial charge in [0, 0.05) is 38.4 Å². The molecular formula is C55H36N4O2. The molecule has 0 spiro atoms. The Morgan fingerprint density at radius 2 is 0.967 bits per heavy atom. The second kappa shape index (κ2) is 13.5. The van der Waals surface area contributed by atoms with Crippen molar-refractivity contribution in [3.05, 3.63) is 193 Å². The van der Waals surface area contributed by atoms with Gasteiger partial charge < -0.3 is 8.83 Å². The number of benzene rings is 8. The number of fused-ring (bicyclic) bond motifs is 8. The van der Waals surface area contributed by atoms with Crippen molar-refractivity contribution in [2.75, 3.05) is 0 Å². The van der Waals surface area contributed by atoms with Crippen molar-refractivity contribution < 1.29 is 8.83 Å². The summed E-state index contributed by atoms with van der Waals surface area (Å²) in [7, 11) is 0. The summed E-state index contributed by atoms with van der Waals surface area (Å²) in [5.41, 5.74) is 15.9. The molecule has 0 aliphatic heterocycles. The van der Waals surface area contributed by atoms with Crippen LogP contribution in [0.25, 0.3) is 112 Å². The Hall–Kier alpha value is -7.96. The summed E-state index contributed by atoms with van der Waals surface area (Å²) in [6.45, 7) is 4.57. The second-order valence-corrected chi connectivity index (χ2v) is 16.2. The number of para-hydroxylation sites is 2. The molecule has 8 aromatic carbocycles. The minimum absolute atomic E-state index is 0.300. The Morgan fingerprint density at radius 3 is 1.79 bits per heavy atom. The summed E-state index contributed by atoms with van der Waals surface area (Å²) in [5.74, 6) is 2.37. The number of rotatable bonds is 6. The van der Waals surface area contributed by atoms with Crippen molar-refractivity contribution in [3.63, 3.8) is 0 Å². The lowest BCUT2D eigenvalue weighted by Crippen LogP contribution is -2.15. The maximum atomic E-state index is 6.54. The molecule has 0 radical (unpaired) electrons. The van der Waals surface area contributed by atoms with E-state index in [4.69, 9.17) is 28.8 Å². The summed E-state index contributed by atoms with van der Waals surface area (Å²) < 4.78 is 13.0. The first-order valence-electron chi connectivity index (χ1n) is 20.5. The Bertz CT molecular complexity index is 3490. The molecule has 3 aromatic heterocycles. The molecule has 1 aliphatic rings. The highest BCUT2D eigenvalue weighted by Gasteiger charge is 2.39. The lowest BCUT2D eigenvalue weighted by atomic mass is 9.81. The van der Waals surface area contributed by atoms with Crippen LogP contribution < -0.4 is 0 Å². The third-order valence-electron chi connectivity index (χ3n) is 12.2. The standard InChI is InChI=1S/C55H36N4O2/c1-55(2)45-32-38(27-28-40(45)42-29-30-46-50(48(42)55)61-54(56-46)36-15-7-4-8-16-36)34-23-25-35(26-24-34)51-57-52(39-18-11-17-37(31-39)33-13-5-3-6-14-33)59-53(58-51)44-21-12-20-43-41-19-9-10-22-47(41)60-49(43)44/h3-32H,1-2H3. The lowest BCUT2D eigenvalue weighted by Gasteiger charge is -2.22. The number of aromatic nitrogens is 4. The van der Waals surface area contributed by atoms with E-state index < -0.39 is 0 Å². The van der Waals surface area contributed by atoms with E-state index in [0.29, 0.717) is 23.4 Å². The first kappa shape index (κ1) is 35.0. The number of hydrogen-bond donors (Lipinski definition) is 0. The SMILES string of the molecule is CC1(C)c2cc(-c3ccc(-c4nc(-c5cccc(-c6ccccc6)c5)nc(-c5cccc6c5oc5ccccc56)n4)cc3)ccc2-c2ccc3nc(-c4ccccc4)oc3c21. The topological polar surface area (TPSA) is 77.8 Å². The van der Waals surface area contributed by atoms with Gasteiger partial charge in [-0.3, -0.25) is 0 Å². The van der Waals surface area contributed by atoms with E-state index in [2.05, 4.69) is 129 Å². The monoisotopic (exact) mass is 784 g/mol. The average Bonchev–Trinajstić information content (AvgIpc) is 4.00. The Kier molecular flexibility index (Phi) is 7.78. The van der Waals surface area contributed by atoms with Crippen molar-refractivity contribution >= 4 is 33.0 Å². The summed E-state index contributed by atoms with van der Waals surface area (Å²) in [5, 5.41) is 2.08. The fourth-order valence-corrected chi connectivity index (χ4v) is 9.11. The van der Waals surface area contributed by atoms with Crippen LogP contribution in [0.3, 0.4) is 0 Å². The molecule has 288 valence electrons. The van der Waals surface area contributed by atoms with Crippen molar-refractivity contribution in [2.24, 2.45) is 0 Å². The molecule has 6 heteroatoms. The molecule has 0 fully saturated rings. The average molecular weight is 785 g/mol. The smallest absolute Gasteiger partial charge is 0.227 e. The van der Waals surface area contributed by atoms with Gasteiger partial charge in [0.05, 0.1) is 5.56 Å². The van der Waals surface area contributed by atoms with Crippen LogP contribution in [0, 0.1) is 0 Å². The van der Waals surface area contributed by atoms with Crippen LogP contribution in [0.5, 0.6) is 0 Å². The minimum atomic E-state index is -0.300. The van der Waals surface area contributed by atoms with Crippen LogP contribution in [-0.4, -0.2) is 19.9 Å². The molecule has 0 atom stereocenters. The van der Waals surface area contributed by atoms with Crippen LogP contribution in [0.2, 0.25) is 0 Å². The first-order chi connectivity index (χ1) is 30.0. The van der Waals surface area contributed by atoms with Crippen molar-refractivity contribution in [1.82, 2.24) is 19.9 Å². The molecule has 3 heterocycles. The van der Waals surface area contributed by atoms with Crippen molar-refractivity contribution in [1.29, 1.82) is 0 Å². The van der Waals surface area contributed by atoms with Gasteiger partial charge in [-0.05, 0) is 81.4 Å². The number of oxazole rings is 1. The van der Waals surface area contributed by atoms with Crippen LogP contribution in [0.1, 0.15) is 25.0 Å². The molecule has 0 saturated carbocycles.